The molecule has 0 saturated heterocycles. The number of hydrogen-bond acceptors (Lipinski definition) is 0. The summed E-state index contributed by atoms with van der Waals surface area (Å²) in [7, 11) is 0. The Labute approximate surface area is 146 Å². The van der Waals surface area contributed by atoms with Gasteiger partial charge in [0.05, 0.1) is 0 Å². The minimum atomic E-state index is 1.17. The lowest BCUT2D eigenvalue weighted by molar-refractivity contribution is 0.561. The molecule has 0 aliphatic carbocycles. The molecule has 0 bridgehead atoms. The van der Waals surface area contributed by atoms with Gasteiger partial charge in [0.15, 0.2) is 0 Å². The Morgan fingerprint density at radius 2 is 1.04 bits per heavy atom. The number of hydrogen-bond donors (Lipinski definition) is 0. The molecule has 0 N–H and O–H groups in total. The Kier molecular flexibility index (Phi) is 20.1. The minimum Gasteiger partial charge on any atom is -0.130 e. The highest BCUT2D eigenvalue weighted by Crippen LogP contribution is 2.12. The van der Waals surface area contributed by atoms with Crippen molar-refractivity contribution < 1.29 is 0 Å². The fourth-order valence-electron chi connectivity index (χ4n) is 2.73. The van der Waals surface area contributed by atoms with Gasteiger partial charge in [0.25, 0.3) is 0 Å². The SMILES string of the molecule is C=CCCCCC=CCCCCCCCCCCCC=C=CC. The summed E-state index contributed by atoms with van der Waals surface area (Å²) in [5.41, 5.74) is 3.14. The smallest absolute Gasteiger partial charge is 0.0274 e. The Balaban J connectivity index is 3.08. The van der Waals surface area contributed by atoms with Gasteiger partial charge in [-0.25, -0.2) is 0 Å². The van der Waals surface area contributed by atoms with Crippen molar-refractivity contribution in [3.63, 3.8) is 0 Å². The van der Waals surface area contributed by atoms with Gasteiger partial charge in [0, 0.05) is 0 Å². The van der Waals surface area contributed by atoms with E-state index in [2.05, 4.69) is 30.5 Å². The van der Waals surface area contributed by atoms with Gasteiger partial charge in [-0.15, -0.1) is 12.3 Å². The second-order valence-electron chi connectivity index (χ2n) is 6.46. The first kappa shape index (κ1) is 22.0. The fourth-order valence-corrected chi connectivity index (χ4v) is 2.73. The molecule has 0 rings (SSSR count). The van der Waals surface area contributed by atoms with Crippen LogP contribution in [0.2, 0.25) is 0 Å². The van der Waals surface area contributed by atoms with Gasteiger partial charge in [0.2, 0.25) is 0 Å². The number of rotatable bonds is 17. The minimum absolute atomic E-state index is 1.17. The van der Waals surface area contributed by atoms with Crippen LogP contribution in [0.4, 0.5) is 0 Å². The first-order valence-electron chi connectivity index (χ1n) is 10.0. The number of unbranched alkanes of at least 4 members (excludes halogenated alkanes) is 13. The topological polar surface area (TPSA) is 0 Å². The van der Waals surface area contributed by atoms with Gasteiger partial charge in [-0.2, -0.15) is 0 Å². The molecule has 0 amide bonds. The second kappa shape index (κ2) is 21.0. The molecule has 0 aliphatic heterocycles. The first-order chi connectivity index (χ1) is 11.4. The van der Waals surface area contributed by atoms with Gasteiger partial charge in [-0.3, -0.25) is 0 Å². The standard InChI is InChI=1S/C23H40/c1-3-5-7-9-11-13-15-17-19-21-23-22-20-18-16-14-12-10-8-6-4-2/h3-4,8,13,15H,1,5,7,9-12,14,16-23H2,2H3. The van der Waals surface area contributed by atoms with Crippen molar-refractivity contribution in [3.8, 4) is 0 Å². The Morgan fingerprint density at radius 1 is 0.609 bits per heavy atom. The number of allylic oxidation sites excluding steroid dienone is 4. The summed E-state index contributed by atoms with van der Waals surface area (Å²) in [5.74, 6) is 0. The van der Waals surface area contributed by atoms with E-state index in [1.165, 1.54) is 96.3 Å². The van der Waals surface area contributed by atoms with Crippen molar-refractivity contribution in [2.24, 2.45) is 0 Å². The van der Waals surface area contributed by atoms with Gasteiger partial charge in [-0.1, -0.05) is 63.2 Å². The maximum Gasteiger partial charge on any atom is -0.0274 e. The Bertz CT molecular complexity index is 315. The van der Waals surface area contributed by atoms with Crippen LogP contribution in [0, 0.1) is 0 Å². The van der Waals surface area contributed by atoms with Crippen LogP contribution in [0.15, 0.2) is 42.7 Å². The van der Waals surface area contributed by atoms with E-state index in [0.29, 0.717) is 0 Å². The molecular formula is C23H40. The van der Waals surface area contributed by atoms with E-state index < -0.39 is 0 Å². The molecule has 0 nitrogen and oxygen atoms in total. The zero-order valence-electron chi connectivity index (χ0n) is 15.7. The lowest BCUT2D eigenvalue weighted by Crippen LogP contribution is -1.81. The third-order valence-electron chi connectivity index (χ3n) is 4.20. The highest BCUT2D eigenvalue weighted by Gasteiger charge is 1.92. The van der Waals surface area contributed by atoms with Crippen molar-refractivity contribution in [1.29, 1.82) is 0 Å². The molecule has 0 aromatic heterocycles. The predicted octanol–water partition coefficient (Wildman–Crippen LogP) is 8.31. The van der Waals surface area contributed by atoms with E-state index in [9.17, 15) is 0 Å². The summed E-state index contributed by atoms with van der Waals surface area (Å²) in [5, 5.41) is 0. The van der Waals surface area contributed by atoms with Crippen LogP contribution < -0.4 is 0 Å². The molecule has 0 aromatic rings. The summed E-state index contributed by atoms with van der Waals surface area (Å²) in [6, 6.07) is 0. The monoisotopic (exact) mass is 316 g/mol. The normalized spacial score (nSPS) is 10.7. The van der Waals surface area contributed by atoms with Crippen LogP contribution in [0.5, 0.6) is 0 Å². The van der Waals surface area contributed by atoms with Crippen molar-refractivity contribution in [3.05, 3.63) is 42.7 Å². The lowest BCUT2D eigenvalue weighted by Gasteiger charge is -2.01. The Morgan fingerprint density at radius 3 is 1.57 bits per heavy atom. The maximum atomic E-state index is 3.76. The lowest BCUT2D eigenvalue weighted by atomic mass is 10.1. The molecule has 23 heavy (non-hydrogen) atoms. The predicted molar refractivity (Wildman–Crippen MR) is 107 cm³/mol. The first-order valence-corrected chi connectivity index (χ1v) is 10.0. The fraction of sp³-hybridized carbons (Fsp3) is 0.696. The summed E-state index contributed by atoms with van der Waals surface area (Å²) in [4.78, 5) is 0. The van der Waals surface area contributed by atoms with E-state index >= 15 is 0 Å². The van der Waals surface area contributed by atoms with Crippen LogP contribution in [-0.2, 0) is 0 Å². The third-order valence-corrected chi connectivity index (χ3v) is 4.20. The van der Waals surface area contributed by atoms with E-state index in [0.717, 1.165) is 0 Å². The van der Waals surface area contributed by atoms with Crippen LogP contribution in [0.3, 0.4) is 0 Å². The summed E-state index contributed by atoms with van der Waals surface area (Å²) < 4.78 is 0. The molecule has 0 fully saturated rings. The molecule has 0 atom stereocenters. The average molecular weight is 317 g/mol. The molecule has 0 radical (unpaired) electrons. The summed E-state index contributed by atoms with van der Waals surface area (Å²) in [6.07, 6.45) is 31.1. The molecule has 0 spiro atoms. The highest BCUT2D eigenvalue weighted by molar-refractivity contribution is 4.82. The highest BCUT2D eigenvalue weighted by atomic mass is 14.0. The van der Waals surface area contributed by atoms with Crippen molar-refractivity contribution in [2.75, 3.05) is 0 Å². The van der Waals surface area contributed by atoms with Gasteiger partial charge < -0.3 is 0 Å². The molecule has 0 aromatic carbocycles. The van der Waals surface area contributed by atoms with Crippen molar-refractivity contribution in [2.45, 2.75) is 103 Å². The molecule has 0 aliphatic rings. The molecule has 0 unspecified atom stereocenters. The molecule has 0 heteroatoms. The van der Waals surface area contributed by atoms with Crippen molar-refractivity contribution >= 4 is 0 Å². The van der Waals surface area contributed by atoms with E-state index in [4.69, 9.17) is 0 Å². The van der Waals surface area contributed by atoms with Crippen LogP contribution >= 0.6 is 0 Å². The molecule has 132 valence electrons. The third kappa shape index (κ3) is 21.0. The van der Waals surface area contributed by atoms with Crippen LogP contribution in [-0.4, -0.2) is 0 Å². The van der Waals surface area contributed by atoms with Gasteiger partial charge >= 0.3 is 0 Å². The maximum absolute atomic E-state index is 3.76. The van der Waals surface area contributed by atoms with Gasteiger partial charge in [-0.05, 0) is 70.4 Å². The van der Waals surface area contributed by atoms with E-state index in [1.807, 2.05) is 19.1 Å². The largest absolute Gasteiger partial charge is 0.130 e. The van der Waals surface area contributed by atoms with Gasteiger partial charge in [0.1, 0.15) is 0 Å². The van der Waals surface area contributed by atoms with Crippen LogP contribution in [0.25, 0.3) is 0 Å². The molecular weight excluding hydrogens is 276 g/mol. The summed E-state index contributed by atoms with van der Waals surface area (Å²) in [6.45, 7) is 5.78. The zero-order valence-corrected chi connectivity index (χ0v) is 15.7. The quantitative estimate of drug-likeness (QED) is 0.144. The molecule has 0 saturated carbocycles. The Hall–Kier alpha value is -1.00. The zero-order chi connectivity index (χ0) is 16.8. The molecule has 0 heterocycles. The average Bonchev–Trinajstić information content (AvgIpc) is 2.57. The second-order valence-corrected chi connectivity index (χ2v) is 6.46. The van der Waals surface area contributed by atoms with E-state index in [-0.39, 0.29) is 0 Å². The van der Waals surface area contributed by atoms with Crippen LogP contribution in [0.1, 0.15) is 103 Å². The van der Waals surface area contributed by atoms with E-state index in [1.54, 1.807) is 0 Å². The summed E-state index contributed by atoms with van der Waals surface area (Å²) >= 11 is 0. The van der Waals surface area contributed by atoms with Crippen molar-refractivity contribution in [1.82, 2.24) is 0 Å².